The van der Waals surface area contributed by atoms with Crippen molar-refractivity contribution in [2.45, 2.75) is 19.1 Å². The van der Waals surface area contributed by atoms with Crippen molar-refractivity contribution in [1.29, 1.82) is 0 Å². The van der Waals surface area contributed by atoms with Crippen molar-refractivity contribution < 1.29 is 23.2 Å². The SMILES string of the molecule is CCOC(=O)c1sc(NC(=O)CSc2nnc(-c3ccco3)o2)nc1C. The van der Waals surface area contributed by atoms with E-state index in [1.165, 1.54) is 6.26 Å². The first-order chi connectivity index (χ1) is 12.6. The molecule has 0 aliphatic rings. The Hall–Kier alpha value is -2.66. The molecule has 0 radical (unpaired) electrons. The van der Waals surface area contributed by atoms with Gasteiger partial charge in [-0.2, -0.15) is 0 Å². The first-order valence-electron chi connectivity index (χ1n) is 7.51. The van der Waals surface area contributed by atoms with Gasteiger partial charge >= 0.3 is 5.97 Å². The van der Waals surface area contributed by atoms with Gasteiger partial charge in [0.1, 0.15) is 4.88 Å². The van der Waals surface area contributed by atoms with Crippen LogP contribution in [-0.2, 0) is 9.53 Å². The molecule has 3 aromatic rings. The number of furan rings is 1. The zero-order valence-corrected chi connectivity index (χ0v) is 15.5. The second-order valence-corrected chi connectivity index (χ2v) is 6.77. The summed E-state index contributed by atoms with van der Waals surface area (Å²) < 4.78 is 15.5. The van der Waals surface area contributed by atoms with Gasteiger partial charge in [-0.25, -0.2) is 9.78 Å². The van der Waals surface area contributed by atoms with Crippen molar-refractivity contribution in [3.8, 4) is 11.7 Å². The Balaban J connectivity index is 1.55. The van der Waals surface area contributed by atoms with E-state index in [1.54, 1.807) is 26.0 Å². The largest absolute Gasteiger partial charge is 0.462 e. The van der Waals surface area contributed by atoms with Crippen LogP contribution in [0.3, 0.4) is 0 Å². The number of esters is 1. The van der Waals surface area contributed by atoms with Gasteiger partial charge in [0, 0.05) is 0 Å². The number of nitrogens with one attached hydrogen (secondary N) is 1. The van der Waals surface area contributed by atoms with Crippen LogP contribution in [0, 0.1) is 6.92 Å². The maximum atomic E-state index is 12.0. The molecule has 0 spiro atoms. The number of aromatic nitrogens is 3. The molecule has 0 bridgehead atoms. The molecule has 0 atom stereocenters. The minimum atomic E-state index is -0.450. The maximum absolute atomic E-state index is 12.0. The summed E-state index contributed by atoms with van der Waals surface area (Å²) in [5, 5.41) is 10.9. The molecule has 1 amide bonds. The summed E-state index contributed by atoms with van der Waals surface area (Å²) >= 11 is 2.15. The molecule has 0 saturated carbocycles. The minimum Gasteiger partial charge on any atom is -0.462 e. The molecule has 3 heterocycles. The van der Waals surface area contributed by atoms with E-state index < -0.39 is 5.97 Å². The maximum Gasteiger partial charge on any atom is 0.350 e. The Morgan fingerprint density at radius 2 is 2.23 bits per heavy atom. The number of thiazole rings is 1. The van der Waals surface area contributed by atoms with Crippen molar-refractivity contribution in [3.63, 3.8) is 0 Å². The summed E-state index contributed by atoms with van der Waals surface area (Å²) in [6.45, 7) is 3.68. The van der Waals surface area contributed by atoms with E-state index in [2.05, 4.69) is 20.5 Å². The Kier molecular flexibility index (Phi) is 5.68. The number of anilines is 1. The number of hydrogen-bond donors (Lipinski definition) is 1. The molecular formula is C15H14N4O5S2. The number of carbonyl (C=O) groups is 2. The number of ether oxygens (including phenoxy) is 1. The lowest BCUT2D eigenvalue weighted by Gasteiger charge is -1.99. The molecule has 0 aliphatic heterocycles. The lowest BCUT2D eigenvalue weighted by molar-refractivity contribution is -0.113. The number of amides is 1. The van der Waals surface area contributed by atoms with Crippen LogP contribution in [0.2, 0.25) is 0 Å². The zero-order chi connectivity index (χ0) is 18.5. The molecule has 3 aromatic heterocycles. The molecule has 0 aliphatic carbocycles. The molecule has 1 N–H and O–H groups in total. The highest BCUT2D eigenvalue weighted by molar-refractivity contribution is 7.99. The van der Waals surface area contributed by atoms with Crippen molar-refractivity contribution in [2.75, 3.05) is 17.7 Å². The lowest BCUT2D eigenvalue weighted by atomic mass is 10.4. The molecule has 3 rings (SSSR count). The van der Waals surface area contributed by atoms with Crippen molar-refractivity contribution in [1.82, 2.24) is 15.2 Å². The second-order valence-electron chi connectivity index (χ2n) is 4.84. The van der Waals surface area contributed by atoms with Gasteiger partial charge in [0.2, 0.25) is 5.91 Å². The molecular weight excluding hydrogens is 380 g/mol. The van der Waals surface area contributed by atoms with E-state index >= 15 is 0 Å². The van der Waals surface area contributed by atoms with Gasteiger partial charge in [0.05, 0.1) is 24.3 Å². The lowest BCUT2D eigenvalue weighted by Crippen LogP contribution is -2.13. The number of nitrogens with zero attached hydrogens (tertiary/aromatic N) is 3. The zero-order valence-electron chi connectivity index (χ0n) is 13.8. The van der Waals surface area contributed by atoms with Crippen molar-refractivity contribution >= 4 is 40.1 Å². The topological polar surface area (TPSA) is 120 Å². The fourth-order valence-corrected chi connectivity index (χ4v) is 3.33. The Labute approximate surface area is 156 Å². The van der Waals surface area contributed by atoms with Gasteiger partial charge < -0.3 is 18.9 Å². The standard InChI is InChI=1S/C15H14N4O5S2/c1-3-22-13(21)11-8(2)16-14(26-11)17-10(20)7-25-15-19-18-12(24-15)9-5-4-6-23-9/h4-6H,3,7H2,1-2H3,(H,16,17,20). The Morgan fingerprint density at radius 1 is 1.38 bits per heavy atom. The molecule has 0 fully saturated rings. The average Bonchev–Trinajstić information content (AvgIpc) is 3.33. The molecule has 0 unspecified atom stereocenters. The summed E-state index contributed by atoms with van der Waals surface area (Å²) in [6.07, 6.45) is 1.50. The fourth-order valence-electron chi connectivity index (χ4n) is 1.89. The third-order valence-electron chi connectivity index (χ3n) is 2.97. The van der Waals surface area contributed by atoms with E-state index in [-0.39, 0.29) is 29.4 Å². The number of carbonyl (C=O) groups excluding carboxylic acids is 2. The highest BCUT2D eigenvalue weighted by Gasteiger charge is 2.18. The van der Waals surface area contributed by atoms with E-state index in [9.17, 15) is 9.59 Å². The number of aryl methyl sites for hydroxylation is 1. The fraction of sp³-hybridized carbons (Fsp3) is 0.267. The highest BCUT2D eigenvalue weighted by Crippen LogP contribution is 2.25. The smallest absolute Gasteiger partial charge is 0.350 e. The van der Waals surface area contributed by atoms with E-state index in [1.807, 2.05) is 0 Å². The Morgan fingerprint density at radius 3 is 2.96 bits per heavy atom. The van der Waals surface area contributed by atoms with Crippen LogP contribution in [0.15, 0.2) is 32.5 Å². The van der Waals surface area contributed by atoms with Crippen molar-refractivity contribution in [3.05, 3.63) is 29.0 Å². The predicted molar refractivity (Wildman–Crippen MR) is 94.2 cm³/mol. The first kappa shape index (κ1) is 18.1. The first-order valence-corrected chi connectivity index (χ1v) is 9.31. The summed E-state index contributed by atoms with van der Waals surface area (Å²) in [5.74, 6) is -0.00986. The van der Waals surface area contributed by atoms with Crippen LogP contribution in [0.5, 0.6) is 0 Å². The molecule has 9 nitrogen and oxygen atoms in total. The van der Waals surface area contributed by atoms with Gasteiger partial charge in [-0.3, -0.25) is 4.79 Å². The van der Waals surface area contributed by atoms with Gasteiger partial charge in [-0.05, 0) is 26.0 Å². The quantitative estimate of drug-likeness (QED) is 0.476. The van der Waals surface area contributed by atoms with E-state index in [4.69, 9.17) is 13.6 Å². The van der Waals surface area contributed by atoms with Crippen LogP contribution >= 0.6 is 23.1 Å². The van der Waals surface area contributed by atoms with Gasteiger partial charge in [0.15, 0.2) is 10.9 Å². The molecule has 11 heteroatoms. The van der Waals surface area contributed by atoms with Gasteiger partial charge in [-0.1, -0.05) is 23.1 Å². The van der Waals surface area contributed by atoms with Gasteiger partial charge in [-0.15, -0.1) is 10.2 Å². The Bertz CT molecular complexity index is 903. The number of hydrogen-bond acceptors (Lipinski definition) is 10. The summed E-state index contributed by atoms with van der Waals surface area (Å²) in [7, 11) is 0. The van der Waals surface area contributed by atoms with E-state index in [0.29, 0.717) is 21.5 Å². The summed E-state index contributed by atoms with van der Waals surface area (Å²) in [6, 6.07) is 3.40. The summed E-state index contributed by atoms with van der Waals surface area (Å²) in [4.78, 5) is 28.3. The normalized spacial score (nSPS) is 10.7. The second kappa shape index (κ2) is 8.15. The van der Waals surface area contributed by atoms with Crippen LogP contribution in [0.4, 0.5) is 5.13 Å². The molecule has 26 heavy (non-hydrogen) atoms. The van der Waals surface area contributed by atoms with Crippen LogP contribution < -0.4 is 5.32 Å². The van der Waals surface area contributed by atoms with Crippen LogP contribution in [0.1, 0.15) is 22.3 Å². The molecule has 0 saturated heterocycles. The predicted octanol–water partition coefficient (Wildman–Crippen LogP) is 3.00. The highest BCUT2D eigenvalue weighted by atomic mass is 32.2. The third-order valence-corrected chi connectivity index (χ3v) is 4.84. The minimum absolute atomic E-state index is 0.0488. The van der Waals surface area contributed by atoms with Crippen molar-refractivity contribution in [2.24, 2.45) is 0 Å². The average molecular weight is 394 g/mol. The van der Waals surface area contributed by atoms with E-state index in [0.717, 1.165) is 23.1 Å². The number of rotatable bonds is 7. The monoisotopic (exact) mass is 394 g/mol. The number of thioether (sulfide) groups is 1. The van der Waals surface area contributed by atoms with Gasteiger partial charge in [0.25, 0.3) is 11.1 Å². The molecule has 0 aromatic carbocycles. The van der Waals surface area contributed by atoms with Crippen LogP contribution in [-0.4, -0.2) is 39.4 Å². The third kappa shape index (κ3) is 4.29. The van der Waals surface area contributed by atoms with Crippen LogP contribution in [0.25, 0.3) is 11.7 Å². The molecule has 136 valence electrons. The summed E-state index contributed by atoms with van der Waals surface area (Å²) in [5.41, 5.74) is 0.511.